The van der Waals surface area contributed by atoms with Crippen LogP contribution in [0.5, 0.6) is 0 Å². The fourth-order valence-corrected chi connectivity index (χ4v) is 4.06. The zero-order chi connectivity index (χ0) is 15.9. The Morgan fingerprint density at radius 1 is 1.50 bits per heavy atom. The summed E-state index contributed by atoms with van der Waals surface area (Å²) < 4.78 is 0.642. The number of aliphatic carboxylic acids is 1. The molecule has 0 radical (unpaired) electrons. The van der Waals surface area contributed by atoms with Gasteiger partial charge >= 0.3 is 5.97 Å². The minimum Gasteiger partial charge on any atom is -0.480 e. The van der Waals surface area contributed by atoms with Crippen molar-refractivity contribution >= 4 is 45.2 Å². The molecule has 1 aromatic carbocycles. The number of aromatic nitrogens is 1. The largest absolute Gasteiger partial charge is 0.480 e. The Morgan fingerprint density at radius 2 is 2.23 bits per heavy atom. The van der Waals surface area contributed by atoms with Crippen LogP contribution in [0.15, 0.2) is 24.3 Å². The number of H-pyrrole nitrogens is 1. The van der Waals surface area contributed by atoms with E-state index in [-0.39, 0.29) is 6.04 Å². The molecule has 2 atom stereocenters. The Morgan fingerprint density at radius 3 is 2.86 bits per heavy atom. The van der Waals surface area contributed by atoms with E-state index in [1.807, 2.05) is 29.4 Å². The molecule has 22 heavy (non-hydrogen) atoms. The van der Waals surface area contributed by atoms with Crippen LogP contribution in [0.2, 0.25) is 0 Å². The van der Waals surface area contributed by atoms with Crippen molar-refractivity contribution in [2.75, 3.05) is 6.26 Å². The van der Waals surface area contributed by atoms with E-state index >= 15 is 0 Å². The first kappa shape index (κ1) is 15.4. The molecule has 1 aliphatic rings. The number of carbonyl (C=O) groups is 1. The van der Waals surface area contributed by atoms with Gasteiger partial charge in [-0.25, -0.2) is 4.79 Å². The number of hydrogen-bond donors (Lipinski definition) is 2. The molecule has 2 aromatic rings. The molecule has 4 nitrogen and oxygen atoms in total. The fourth-order valence-electron chi connectivity index (χ4n) is 3.34. The second-order valence-electron chi connectivity index (χ2n) is 5.42. The summed E-state index contributed by atoms with van der Waals surface area (Å²) in [5, 5.41) is 10.8. The van der Waals surface area contributed by atoms with E-state index < -0.39 is 12.0 Å². The average Bonchev–Trinajstić information content (AvgIpc) is 2.90. The minimum atomic E-state index is -0.814. The van der Waals surface area contributed by atoms with Crippen LogP contribution in [0.1, 0.15) is 30.6 Å². The summed E-state index contributed by atoms with van der Waals surface area (Å²) in [6.45, 7) is 2.07. The Bertz CT molecular complexity index is 741. The molecule has 116 valence electrons. The van der Waals surface area contributed by atoms with Gasteiger partial charge in [0.1, 0.15) is 10.4 Å². The zero-order valence-electron chi connectivity index (χ0n) is 12.5. The van der Waals surface area contributed by atoms with Gasteiger partial charge in [-0.2, -0.15) is 0 Å². The molecule has 0 aliphatic carbocycles. The number of aromatic amines is 1. The molecule has 0 saturated heterocycles. The van der Waals surface area contributed by atoms with Crippen LogP contribution < -0.4 is 0 Å². The van der Waals surface area contributed by atoms with Crippen molar-refractivity contribution in [2.24, 2.45) is 0 Å². The number of nitrogens with one attached hydrogen (secondary N) is 1. The number of nitrogens with zero attached hydrogens (tertiary/aromatic N) is 1. The first-order valence-electron chi connectivity index (χ1n) is 7.27. The van der Waals surface area contributed by atoms with Gasteiger partial charge in [-0.3, -0.25) is 0 Å². The Hall–Kier alpha value is -1.53. The lowest BCUT2D eigenvalue weighted by atomic mass is 9.91. The SMILES string of the molecule is CC[C@H]1c2[nH]c3ccccc3c2C[C@H](C(=O)O)N1C(=S)SC. The number of carboxylic acid groups (broad SMARTS) is 1. The summed E-state index contributed by atoms with van der Waals surface area (Å²) in [6, 6.07) is 7.46. The Kier molecular flexibility index (Phi) is 4.14. The van der Waals surface area contributed by atoms with Gasteiger partial charge in [0.2, 0.25) is 0 Å². The van der Waals surface area contributed by atoms with Crippen LogP contribution in [0.3, 0.4) is 0 Å². The molecule has 6 heteroatoms. The molecule has 1 aliphatic heterocycles. The highest BCUT2D eigenvalue weighted by atomic mass is 32.2. The van der Waals surface area contributed by atoms with Crippen LogP contribution in [0, 0.1) is 0 Å². The van der Waals surface area contributed by atoms with E-state index in [4.69, 9.17) is 12.2 Å². The number of rotatable bonds is 2. The lowest BCUT2D eigenvalue weighted by Crippen LogP contribution is -2.49. The van der Waals surface area contributed by atoms with Crippen molar-refractivity contribution in [3.63, 3.8) is 0 Å². The van der Waals surface area contributed by atoms with Gasteiger partial charge in [-0.15, -0.1) is 11.8 Å². The van der Waals surface area contributed by atoms with Gasteiger partial charge in [0, 0.05) is 23.0 Å². The number of benzene rings is 1. The third-order valence-electron chi connectivity index (χ3n) is 4.31. The highest BCUT2D eigenvalue weighted by molar-refractivity contribution is 8.22. The normalized spacial score (nSPS) is 20.9. The molecule has 0 fully saturated rings. The highest BCUT2D eigenvalue weighted by Gasteiger charge is 2.40. The average molecular weight is 334 g/mol. The van der Waals surface area contributed by atoms with Crippen LogP contribution in [-0.2, 0) is 11.2 Å². The van der Waals surface area contributed by atoms with Crippen molar-refractivity contribution in [2.45, 2.75) is 31.8 Å². The lowest BCUT2D eigenvalue weighted by Gasteiger charge is -2.41. The van der Waals surface area contributed by atoms with E-state index in [1.165, 1.54) is 11.8 Å². The third kappa shape index (κ3) is 2.30. The maximum absolute atomic E-state index is 11.8. The van der Waals surface area contributed by atoms with Crippen molar-refractivity contribution in [1.29, 1.82) is 0 Å². The number of para-hydroxylation sites is 1. The van der Waals surface area contributed by atoms with Crippen LogP contribution in [0.25, 0.3) is 10.9 Å². The van der Waals surface area contributed by atoms with Gasteiger partial charge in [0.05, 0.1) is 6.04 Å². The molecule has 0 amide bonds. The maximum Gasteiger partial charge on any atom is 0.326 e. The molecule has 2 N–H and O–H groups in total. The number of hydrogen-bond acceptors (Lipinski definition) is 3. The fraction of sp³-hybridized carbons (Fsp3) is 0.375. The Labute approximate surface area is 138 Å². The molecule has 0 spiro atoms. The summed E-state index contributed by atoms with van der Waals surface area (Å²) in [6.07, 6.45) is 3.19. The Balaban J connectivity index is 2.19. The van der Waals surface area contributed by atoms with E-state index in [2.05, 4.69) is 18.0 Å². The van der Waals surface area contributed by atoms with Gasteiger partial charge in [-0.05, 0) is 24.3 Å². The summed E-state index contributed by atoms with van der Waals surface area (Å²) in [5.74, 6) is -0.814. The number of thioether (sulfide) groups is 1. The van der Waals surface area contributed by atoms with Crippen molar-refractivity contribution < 1.29 is 9.90 Å². The summed E-state index contributed by atoms with van der Waals surface area (Å²) in [5.41, 5.74) is 3.29. The summed E-state index contributed by atoms with van der Waals surface area (Å²) >= 11 is 6.87. The van der Waals surface area contributed by atoms with Crippen molar-refractivity contribution in [1.82, 2.24) is 9.88 Å². The van der Waals surface area contributed by atoms with Crippen LogP contribution in [-0.4, -0.2) is 37.6 Å². The highest BCUT2D eigenvalue weighted by Crippen LogP contribution is 2.40. The predicted octanol–water partition coefficient (Wildman–Crippen LogP) is 3.58. The molecule has 1 aromatic heterocycles. The molecular formula is C16H18N2O2S2. The van der Waals surface area contributed by atoms with Crippen LogP contribution in [0.4, 0.5) is 0 Å². The topological polar surface area (TPSA) is 56.3 Å². The van der Waals surface area contributed by atoms with E-state index in [0.29, 0.717) is 10.7 Å². The standard InChI is InChI=1S/C16H18N2O2S2/c1-3-12-14-10(9-6-4-5-7-11(9)17-14)8-13(15(19)20)18(12)16(21)22-2/h4-7,12-13,17H,3,8H2,1-2H3,(H,19,20)/t12-,13+/m0/s1. The first-order chi connectivity index (χ1) is 10.6. The monoisotopic (exact) mass is 334 g/mol. The molecule has 2 heterocycles. The lowest BCUT2D eigenvalue weighted by molar-refractivity contribution is -0.142. The van der Waals surface area contributed by atoms with E-state index in [0.717, 1.165) is 28.6 Å². The smallest absolute Gasteiger partial charge is 0.326 e. The quantitative estimate of drug-likeness (QED) is 0.822. The molecule has 0 unspecified atom stereocenters. The van der Waals surface area contributed by atoms with Gasteiger partial charge in [0.15, 0.2) is 0 Å². The van der Waals surface area contributed by atoms with Crippen LogP contribution >= 0.6 is 24.0 Å². The molecule has 0 bridgehead atoms. The zero-order valence-corrected chi connectivity index (χ0v) is 14.1. The number of fused-ring (bicyclic) bond motifs is 3. The molecule has 3 rings (SSSR count). The van der Waals surface area contributed by atoms with Gasteiger partial charge in [0.25, 0.3) is 0 Å². The predicted molar refractivity (Wildman–Crippen MR) is 94.4 cm³/mol. The first-order valence-corrected chi connectivity index (χ1v) is 8.90. The van der Waals surface area contributed by atoms with Crippen molar-refractivity contribution in [3.05, 3.63) is 35.5 Å². The third-order valence-corrected chi connectivity index (χ3v) is 5.58. The number of carboxylic acids is 1. The summed E-state index contributed by atoms with van der Waals surface area (Å²) in [4.78, 5) is 17.2. The number of thiocarbonyl (C=S) groups is 1. The van der Waals surface area contributed by atoms with Gasteiger partial charge < -0.3 is 15.0 Å². The maximum atomic E-state index is 11.8. The summed E-state index contributed by atoms with van der Waals surface area (Å²) in [7, 11) is 0. The van der Waals surface area contributed by atoms with Crippen molar-refractivity contribution in [3.8, 4) is 0 Å². The second kappa shape index (κ2) is 5.93. The molecule has 0 saturated carbocycles. The second-order valence-corrected chi connectivity index (χ2v) is 6.86. The van der Waals surface area contributed by atoms with E-state index in [9.17, 15) is 9.90 Å². The van der Waals surface area contributed by atoms with E-state index in [1.54, 1.807) is 0 Å². The minimum absolute atomic E-state index is 0.0165. The van der Waals surface area contributed by atoms with Gasteiger partial charge in [-0.1, -0.05) is 37.3 Å². The molecular weight excluding hydrogens is 316 g/mol.